The molecule has 1 amide bonds. The topological polar surface area (TPSA) is 119 Å². The van der Waals surface area contributed by atoms with Gasteiger partial charge in [0, 0.05) is 37.7 Å². The average Bonchev–Trinajstić information content (AvgIpc) is 3.46. The number of amides is 1. The fraction of sp³-hybridized carbons (Fsp3) is 0.345. The Bertz CT molecular complexity index is 1650. The SMILES string of the molecule is CCOP(=O)(NC1CCN(c2ccc(F)cc2NC(=O)c2cn3ccnc3c(-c3c(F)cccc3OC)n2)CC1)OCC. The van der Waals surface area contributed by atoms with Gasteiger partial charge in [-0.1, -0.05) is 6.07 Å². The van der Waals surface area contributed by atoms with Crippen LogP contribution in [0.2, 0.25) is 0 Å². The van der Waals surface area contributed by atoms with Crippen molar-refractivity contribution in [3.63, 3.8) is 0 Å². The van der Waals surface area contributed by atoms with Crippen LogP contribution in [0.25, 0.3) is 16.9 Å². The Morgan fingerprint density at radius 1 is 1.12 bits per heavy atom. The number of nitrogens with one attached hydrogen (secondary N) is 2. The number of fused-ring (bicyclic) bond motifs is 1. The highest BCUT2D eigenvalue weighted by Gasteiger charge is 2.31. The quantitative estimate of drug-likeness (QED) is 0.206. The lowest BCUT2D eigenvalue weighted by molar-refractivity contribution is 0.102. The Morgan fingerprint density at radius 2 is 1.86 bits per heavy atom. The number of hydrogen-bond donors (Lipinski definition) is 2. The van der Waals surface area contributed by atoms with Crippen molar-refractivity contribution < 1.29 is 31.9 Å². The summed E-state index contributed by atoms with van der Waals surface area (Å²) in [7, 11) is -2.00. The third-order valence-electron chi connectivity index (χ3n) is 7.02. The largest absolute Gasteiger partial charge is 0.496 e. The number of imidazole rings is 1. The van der Waals surface area contributed by atoms with E-state index >= 15 is 0 Å². The van der Waals surface area contributed by atoms with Gasteiger partial charge in [0.05, 0.1) is 37.3 Å². The van der Waals surface area contributed by atoms with Crippen molar-refractivity contribution in [2.75, 3.05) is 43.6 Å². The van der Waals surface area contributed by atoms with E-state index in [0.717, 1.165) is 0 Å². The number of ether oxygens (including phenoxy) is 1. The average molecular weight is 615 g/mol. The Balaban J connectivity index is 1.39. The monoisotopic (exact) mass is 614 g/mol. The maximum Gasteiger partial charge on any atom is 0.405 e. The number of hydrogen-bond acceptors (Lipinski definition) is 8. The van der Waals surface area contributed by atoms with Gasteiger partial charge in [-0.15, -0.1) is 0 Å². The molecule has 1 aliphatic heterocycles. The molecule has 1 aliphatic rings. The van der Waals surface area contributed by atoms with Gasteiger partial charge in [0.1, 0.15) is 28.8 Å². The van der Waals surface area contributed by atoms with Gasteiger partial charge >= 0.3 is 7.75 Å². The van der Waals surface area contributed by atoms with Gasteiger partial charge in [0.25, 0.3) is 5.91 Å². The van der Waals surface area contributed by atoms with Crippen LogP contribution in [0.15, 0.2) is 55.0 Å². The van der Waals surface area contributed by atoms with Crippen LogP contribution in [-0.2, 0) is 13.6 Å². The summed E-state index contributed by atoms with van der Waals surface area (Å²) >= 11 is 0. The van der Waals surface area contributed by atoms with Crippen LogP contribution in [0.5, 0.6) is 5.75 Å². The van der Waals surface area contributed by atoms with Gasteiger partial charge < -0.3 is 19.4 Å². The summed E-state index contributed by atoms with van der Waals surface area (Å²) in [6.07, 6.45) is 5.83. The summed E-state index contributed by atoms with van der Waals surface area (Å²) in [5.41, 5.74) is 1.36. The molecule has 0 atom stereocenters. The van der Waals surface area contributed by atoms with Crippen molar-refractivity contribution in [2.24, 2.45) is 0 Å². The molecule has 5 rings (SSSR count). The molecule has 0 radical (unpaired) electrons. The summed E-state index contributed by atoms with van der Waals surface area (Å²) in [5, 5.41) is 5.81. The zero-order valence-electron chi connectivity index (χ0n) is 24.0. The van der Waals surface area contributed by atoms with E-state index in [9.17, 15) is 18.1 Å². The maximum atomic E-state index is 15.0. The summed E-state index contributed by atoms with van der Waals surface area (Å²) in [5.74, 6) is -1.50. The van der Waals surface area contributed by atoms with Crippen LogP contribution in [0.3, 0.4) is 0 Å². The van der Waals surface area contributed by atoms with Crippen molar-refractivity contribution in [2.45, 2.75) is 32.7 Å². The summed E-state index contributed by atoms with van der Waals surface area (Å²) in [4.78, 5) is 24.3. The molecule has 2 N–H and O–H groups in total. The van der Waals surface area contributed by atoms with E-state index in [4.69, 9.17) is 13.8 Å². The molecular formula is C29H33F2N6O5P. The molecule has 11 nitrogen and oxygen atoms in total. The number of aromatic nitrogens is 3. The first-order valence-electron chi connectivity index (χ1n) is 13.9. The van der Waals surface area contributed by atoms with Gasteiger partial charge in [-0.25, -0.2) is 28.4 Å². The first-order chi connectivity index (χ1) is 20.7. The molecule has 14 heteroatoms. The van der Waals surface area contributed by atoms with Crippen LogP contribution in [0.4, 0.5) is 20.2 Å². The molecule has 0 unspecified atom stereocenters. The predicted octanol–water partition coefficient (Wildman–Crippen LogP) is 5.67. The van der Waals surface area contributed by atoms with E-state index in [-0.39, 0.29) is 47.6 Å². The number of rotatable bonds is 11. The van der Waals surface area contributed by atoms with E-state index in [1.54, 1.807) is 36.6 Å². The molecule has 1 fully saturated rings. The molecular weight excluding hydrogens is 581 g/mol. The molecule has 43 heavy (non-hydrogen) atoms. The number of carbonyl (C=O) groups is 1. The smallest absolute Gasteiger partial charge is 0.405 e. The Labute approximate surface area is 247 Å². The van der Waals surface area contributed by atoms with Gasteiger partial charge in [-0.05, 0) is 57.0 Å². The highest BCUT2D eigenvalue weighted by Crippen LogP contribution is 2.45. The zero-order valence-corrected chi connectivity index (χ0v) is 24.9. The van der Waals surface area contributed by atoms with Crippen LogP contribution < -0.4 is 20.0 Å². The summed E-state index contributed by atoms with van der Waals surface area (Å²) in [6.45, 7) is 5.09. The molecule has 4 aromatic rings. The highest BCUT2D eigenvalue weighted by atomic mass is 31.2. The fourth-order valence-corrected chi connectivity index (χ4v) is 6.72. The van der Waals surface area contributed by atoms with Gasteiger partial charge in [-0.3, -0.25) is 13.8 Å². The molecule has 0 spiro atoms. The van der Waals surface area contributed by atoms with Crippen molar-refractivity contribution in [3.8, 4) is 17.0 Å². The number of nitrogens with zero attached hydrogens (tertiary/aromatic N) is 4. The molecule has 0 bridgehead atoms. The lowest BCUT2D eigenvalue weighted by atomic mass is 10.0. The molecule has 1 saturated heterocycles. The summed E-state index contributed by atoms with van der Waals surface area (Å²) < 4.78 is 60.0. The zero-order chi connectivity index (χ0) is 30.6. The van der Waals surface area contributed by atoms with Crippen LogP contribution in [0, 0.1) is 11.6 Å². The van der Waals surface area contributed by atoms with E-state index in [2.05, 4.69) is 20.4 Å². The third kappa shape index (κ3) is 6.70. The van der Waals surface area contributed by atoms with Crippen molar-refractivity contribution in [3.05, 3.63) is 72.3 Å². The molecule has 2 aromatic carbocycles. The fourth-order valence-electron chi connectivity index (χ4n) is 5.11. The first-order valence-corrected chi connectivity index (χ1v) is 15.5. The standard InChI is InChI=1S/C29H33F2N6O5P/c1-4-41-43(39,42-5-2)35-20-11-14-36(15-12-20)24-10-9-19(30)17-22(24)34-29(38)23-18-37-16-13-32-28(37)27(33-23)26-21(31)7-6-8-25(26)40-3/h6-10,13,16-18,20H,4-5,11-12,14-15H2,1-3H3,(H,34,38)(H,35,39). The van der Waals surface area contributed by atoms with Gasteiger partial charge in [0.2, 0.25) is 0 Å². The van der Waals surface area contributed by atoms with Gasteiger partial charge in [0.15, 0.2) is 5.65 Å². The van der Waals surface area contributed by atoms with Crippen LogP contribution in [0.1, 0.15) is 37.2 Å². The van der Waals surface area contributed by atoms with Crippen molar-refractivity contribution >= 4 is 30.7 Å². The molecule has 3 heterocycles. The van der Waals surface area contributed by atoms with Crippen molar-refractivity contribution in [1.29, 1.82) is 0 Å². The first kappa shape index (κ1) is 30.6. The lowest BCUT2D eigenvalue weighted by Gasteiger charge is -2.36. The summed E-state index contributed by atoms with van der Waals surface area (Å²) in [6, 6.07) is 8.44. The van der Waals surface area contributed by atoms with Crippen LogP contribution >= 0.6 is 7.75 Å². The minimum Gasteiger partial charge on any atom is -0.496 e. The second-order valence-corrected chi connectivity index (χ2v) is 11.6. The van der Waals surface area contributed by atoms with E-state index in [1.807, 2.05) is 4.90 Å². The number of anilines is 2. The molecule has 0 saturated carbocycles. The Morgan fingerprint density at radius 3 is 2.56 bits per heavy atom. The minimum absolute atomic E-state index is 0.0356. The lowest BCUT2D eigenvalue weighted by Crippen LogP contribution is -2.42. The Hall–Kier alpha value is -3.90. The van der Waals surface area contributed by atoms with E-state index in [1.165, 1.54) is 43.8 Å². The number of methoxy groups -OCH3 is 1. The maximum absolute atomic E-state index is 15.0. The predicted molar refractivity (Wildman–Crippen MR) is 159 cm³/mol. The van der Waals surface area contributed by atoms with E-state index < -0.39 is 25.3 Å². The number of halogens is 2. The second kappa shape index (κ2) is 13.2. The normalized spacial score (nSPS) is 14.3. The molecule has 0 aliphatic carbocycles. The number of carbonyl (C=O) groups excluding carboxylic acids is 1. The van der Waals surface area contributed by atoms with E-state index in [0.29, 0.717) is 37.3 Å². The van der Waals surface area contributed by atoms with Crippen LogP contribution in [-0.4, -0.2) is 59.7 Å². The van der Waals surface area contributed by atoms with Crippen molar-refractivity contribution in [1.82, 2.24) is 19.5 Å². The second-order valence-electron chi connectivity index (χ2n) is 9.79. The number of benzene rings is 2. The van der Waals surface area contributed by atoms with Gasteiger partial charge in [-0.2, -0.15) is 0 Å². The Kier molecular flexibility index (Phi) is 9.36. The third-order valence-corrected chi connectivity index (χ3v) is 8.90. The molecule has 228 valence electrons. The molecule has 2 aromatic heterocycles. The number of piperidine rings is 1. The minimum atomic E-state index is -3.42. The highest BCUT2D eigenvalue weighted by molar-refractivity contribution is 7.51.